The Morgan fingerprint density at radius 1 is 1.12 bits per heavy atom. The summed E-state index contributed by atoms with van der Waals surface area (Å²) < 4.78 is 10.5. The average Bonchev–Trinajstić information content (AvgIpc) is 2.30. The number of ether oxygens (including phenoxy) is 2. The van der Waals surface area contributed by atoms with Crippen molar-refractivity contribution >= 4 is 12.4 Å². The Labute approximate surface area is 103 Å². The summed E-state index contributed by atoms with van der Waals surface area (Å²) in [5.41, 5.74) is 0. The number of methoxy groups -OCH3 is 1. The molecule has 0 aliphatic carbocycles. The first-order chi connectivity index (χ1) is 7.36. The van der Waals surface area contributed by atoms with E-state index in [1.807, 2.05) is 43.5 Å². The van der Waals surface area contributed by atoms with Crippen LogP contribution < -0.4 is 14.8 Å². The van der Waals surface area contributed by atoms with Gasteiger partial charge in [-0.3, -0.25) is 0 Å². The number of likely N-dealkylation sites (N-methyl/N-ethyl adjacent to an activating group) is 1. The summed E-state index contributed by atoms with van der Waals surface area (Å²) >= 11 is 0. The average molecular weight is 244 g/mol. The maximum Gasteiger partial charge on any atom is 0.120 e. The summed E-state index contributed by atoms with van der Waals surface area (Å²) in [5.74, 6) is 1.69. The SMILES string of the molecule is CNC/C=C/COc1ccc(OC)cc1.Cl. The van der Waals surface area contributed by atoms with Gasteiger partial charge in [-0.15, -0.1) is 12.4 Å². The predicted molar refractivity (Wildman–Crippen MR) is 68.8 cm³/mol. The molecular weight excluding hydrogens is 226 g/mol. The fourth-order valence-electron chi connectivity index (χ4n) is 1.09. The van der Waals surface area contributed by atoms with E-state index in [2.05, 4.69) is 5.32 Å². The van der Waals surface area contributed by atoms with E-state index in [0.717, 1.165) is 18.0 Å². The zero-order valence-corrected chi connectivity index (χ0v) is 10.4. The van der Waals surface area contributed by atoms with E-state index in [0.29, 0.717) is 6.61 Å². The van der Waals surface area contributed by atoms with Gasteiger partial charge in [-0.2, -0.15) is 0 Å². The van der Waals surface area contributed by atoms with Crippen molar-refractivity contribution in [3.05, 3.63) is 36.4 Å². The van der Waals surface area contributed by atoms with Gasteiger partial charge in [0.25, 0.3) is 0 Å². The van der Waals surface area contributed by atoms with E-state index in [-0.39, 0.29) is 12.4 Å². The van der Waals surface area contributed by atoms with E-state index in [1.54, 1.807) is 7.11 Å². The molecule has 0 atom stereocenters. The lowest BCUT2D eigenvalue weighted by atomic mass is 10.3. The molecule has 0 amide bonds. The van der Waals surface area contributed by atoms with Crippen LogP contribution in [-0.2, 0) is 0 Å². The summed E-state index contributed by atoms with van der Waals surface area (Å²) in [7, 11) is 3.56. The predicted octanol–water partition coefficient (Wildman–Crippen LogP) is 2.27. The number of hydrogen-bond acceptors (Lipinski definition) is 3. The Hall–Kier alpha value is -1.19. The lowest BCUT2D eigenvalue weighted by Crippen LogP contribution is -2.04. The fourth-order valence-corrected chi connectivity index (χ4v) is 1.09. The van der Waals surface area contributed by atoms with Gasteiger partial charge >= 0.3 is 0 Å². The van der Waals surface area contributed by atoms with Crippen molar-refractivity contribution in [2.45, 2.75) is 0 Å². The zero-order valence-electron chi connectivity index (χ0n) is 9.60. The second-order valence-corrected chi connectivity index (χ2v) is 3.02. The van der Waals surface area contributed by atoms with Gasteiger partial charge in [0, 0.05) is 6.54 Å². The van der Waals surface area contributed by atoms with Crippen LogP contribution in [0.3, 0.4) is 0 Å². The van der Waals surface area contributed by atoms with Gasteiger partial charge in [-0.05, 0) is 31.3 Å². The highest BCUT2D eigenvalue weighted by molar-refractivity contribution is 5.85. The van der Waals surface area contributed by atoms with Crippen LogP contribution in [0.5, 0.6) is 11.5 Å². The van der Waals surface area contributed by atoms with E-state index in [9.17, 15) is 0 Å². The van der Waals surface area contributed by atoms with Gasteiger partial charge in [-0.1, -0.05) is 12.2 Å². The van der Waals surface area contributed by atoms with E-state index >= 15 is 0 Å². The summed E-state index contributed by atoms with van der Waals surface area (Å²) in [6.07, 6.45) is 4.02. The summed E-state index contributed by atoms with van der Waals surface area (Å²) in [6.45, 7) is 1.46. The van der Waals surface area contributed by atoms with Gasteiger partial charge in [0.2, 0.25) is 0 Å². The Morgan fingerprint density at radius 2 is 1.75 bits per heavy atom. The molecule has 0 spiro atoms. The van der Waals surface area contributed by atoms with Crippen LogP contribution in [0.25, 0.3) is 0 Å². The molecule has 4 heteroatoms. The molecule has 0 saturated carbocycles. The second-order valence-electron chi connectivity index (χ2n) is 3.02. The molecular formula is C12H18ClNO2. The minimum atomic E-state index is 0. The largest absolute Gasteiger partial charge is 0.497 e. The minimum absolute atomic E-state index is 0. The minimum Gasteiger partial charge on any atom is -0.497 e. The molecule has 3 nitrogen and oxygen atoms in total. The number of halogens is 1. The van der Waals surface area contributed by atoms with Crippen molar-refractivity contribution in [3.8, 4) is 11.5 Å². The monoisotopic (exact) mass is 243 g/mol. The van der Waals surface area contributed by atoms with Crippen molar-refractivity contribution < 1.29 is 9.47 Å². The molecule has 1 N–H and O–H groups in total. The molecule has 0 saturated heterocycles. The summed E-state index contributed by atoms with van der Waals surface area (Å²) in [5, 5.41) is 3.02. The Kier molecular flexibility index (Phi) is 8.39. The van der Waals surface area contributed by atoms with Crippen LogP contribution in [0.15, 0.2) is 36.4 Å². The molecule has 1 aromatic carbocycles. The van der Waals surface area contributed by atoms with Crippen molar-refractivity contribution in [3.63, 3.8) is 0 Å². The Bertz CT molecular complexity index is 298. The van der Waals surface area contributed by atoms with Crippen LogP contribution in [0.2, 0.25) is 0 Å². The molecule has 0 aliphatic heterocycles. The molecule has 16 heavy (non-hydrogen) atoms. The standard InChI is InChI=1S/C12H17NO2.ClH/c1-13-9-3-4-10-15-12-7-5-11(14-2)6-8-12;/h3-8,13H,9-10H2,1-2H3;1H/b4-3+;. The van der Waals surface area contributed by atoms with Gasteiger partial charge < -0.3 is 14.8 Å². The highest BCUT2D eigenvalue weighted by Crippen LogP contribution is 2.16. The van der Waals surface area contributed by atoms with Crippen LogP contribution in [0.1, 0.15) is 0 Å². The Morgan fingerprint density at radius 3 is 2.31 bits per heavy atom. The van der Waals surface area contributed by atoms with Crippen molar-refractivity contribution in [1.29, 1.82) is 0 Å². The van der Waals surface area contributed by atoms with E-state index in [4.69, 9.17) is 9.47 Å². The van der Waals surface area contributed by atoms with Gasteiger partial charge in [-0.25, -0.2) is 0 Å². The van der Waals surface area contributed by atoms with E-state index < -0.39 is 0 Å². The number of nitrogens with one attached hydrogen (secondary N) is 1. The molecule has 90 valence electrons. The molecule has 0 unspecified atom stereocenters. The lowest BCUT2D eigenvalue weighted by Gasteiger charge is -2.04. The quantitative estimate of drug-likeness (QED) is 0.778. The normalized spacial score (nSPS) is 9.88. The van der Waals surface area contributed by atoms with Crippen LogP contribution in [0, 0.1) is 0 Å². The topological polar surface area (TPSA) is 30.5 Å². The molecule has 0 aromatic heterocycles. The van der Waals surface area contributed by atoms with E-state index in [1.165, 1.54) is 0 Å². The first-order valence-corrected chi connectivity index (χ1v) is 4.93. The van der Waals surface area contributed by atoms with Gasteiger partial charge in [0.05, 0.1) is 7.11 Å². The highest BCUT2D eigenvalue weighted by Gasteiger charge is 1.92. The number of benzene rings is 1. The van der Waals surface area contributed by atoms with Gasteiger partial charge in [0.1, 0.15) is 18.1 Å². The van der Waals surface area contributed by atoms with Crippen molar-refractivity contribution in [2.75, 3.05) is 27.3 Å². The third-order valence-corrected chi connectivity index (χ3v) is 1.89. The second kappa shape index (κ2) is 9.07. The molecule has 1 rings (SSSR count). The number of rotatable bonds is 6. The first-order valence-electron chi connectivity index (χ1n) is 4.93. The smallest absolute Gasteiger partial charge is 0.120 e. The zero-order chi connectivity index (χ0) is 10.9. The van der Waals surface area contributed by atoms with Crippen LogP contribution in [0.4, 0.5) is 0 Å². The molecule has 0 bridgehead atoms. The first kappa shape index (κ1) is 14.8. The van der Waals surface area contributed by atoms with Crippen LogP contribution in [-0.4, -0.2) is 27.3 Å². The molecule has 0 aliphatic rings. The summed E-state index contributed by atoms with van der Waals surface area (Å²) in [6, 6.07) is 7.55. The van der Waals surface area contributed by atoms with Gasteiger partial charge in [0.15, 0.2) is 0 Å². The lowest BCUT2D eigenvalue weighted by molar-refractivity contribution is 0.360. The molecule has 0 radical (unpaired) electrons. The Balaban J connectivity index is 0.00000225. The number of hydrogen-bond donors (Lipinski definition) is 1. The third-order valence-electron chi connectivity index (χ3n) is 1.89. The van der Waals surface area contributed by atoms with Crippen LogP contribution >= 0.6 is 12.4 Å². The third kappa shape index (κ3) is 5.63. The summed E-state index contributed by atoms with van der Waals surface area (Å²) in [4.78, 5) is 0. The molecule has 1 aromatic rings. The maximum absolute atomic E-state index is 5.48. The molecule has 0 heterocycles. The van der Waals surface area contributed by atoms with Crippen molar-refractivity contribution in [2.24, 2.45) is 0 Å². The maximum atomic E-state index is 5.48. The fraction of sp³-hybridized carbons (Fsp3) is 0.333. The molecule has 0 fully saturated rings. The highest BCUT2D eigenvalue weighted by atomic mass is 35.5. The van der Waals surface area contributed by atoms with Crippen molar-refractivity contribution in [1.82, 2.24) is 5.32 Å².